The average Bonchev–Trinajstić information content (AvgIpc) is 3.49. The Morgan fingerprint density at radius 1 is 1.23 bits per heavy atom. The predicted octanol–water partition coefficient (Wildman–Crippen LogP) is 4.15. The molecule has 1 fully saturated rings. The molecule has 1 aliphatic rings. The Balaban J connectivity index is 1.67. The number of hydrogen-bond acceptors (Lipinski definition) is 5. The van der Waals surface area contributed by atoms with Crippen molar-refractivity contribution in [2.45, 2.75) is 44.7 Å². The molecule has 3 heterocycles. The molecule has 7 heteroatoms. The summed E-state index contributed by atoms with van der Waals surface area (Å²) in [6, 6.07) is 15.3. The molecule has 1 saturated heterocycles. The van der Waals surface area contributed by atoms with Crippen molar-refractivity contribution in [3.63, 3.8) is 0 Å². The van der Waals surface area contributed by atoms with Crippen LogP contribution in [0, 0.1) is 0 Å². The van der Waals surface area contributed by atoms with Gasteiger partial charge in [-0.05, 0) is 38.1 Å². The maximum Gasteiger partial charge on any atom is 0.264 e. The van der Waals surface area contributed by atoms with Crippen LogP contribution >= 0.6 is 11.3 Å². The van der Waals surface area contributed by atoms with Crippen molar-refractivity contribution in [1.29, 1.82) is 0 Å². The molecule has 0 bridgehead atoms. The maximum absolute atomic E-state index is 13.4. The fourth-order valence-corrected chi connectivity index (χ4v) is 4.71. The molecule has 0 aliphatic carbocycles. The smallest absolute Gasteiger partial charge is 0.264 e. The molecule has 156 valence electrons. The molecule has 1 aliphatic heterocycles. The standard InChI is InChI=1S/C23H25N3O3S/c1-16(2)24-22(28)23(11-7-12-26(23)21(27)20-10-6-13-30-20)15-18-14-19(25-29-18)17-8-4-3-5-9-17/h3-6,8-10,13-14,16H,7,11-12,15H2,1-2H3,(H,24,28)/t23-/m0/s1. The minimum Gasteiger partial charge on any atom is -0.361 e. The van der Waals surface area contributed by atoms with Gasteiger partial charge in [-0.1, -0.05) is 41.6 Å². The monoisotopic (exact) mass is 423 g/mol. The Bertz CT molecular complexity index is 1010. The molecule has 1 N–H and O–H groups in total. The number of thiophene rings is 1. The van der Waals surface area contributed by atoms with Crippen LogP contribution in [-0.4, -0.2) is 40.0 Å². The summed E-state index contributed by atoms with van der Waals surface area (Å²) in [5, 5.41) is 9.09. The van der Waals surface area contributed by atoms with Gasteiger partial charge in [0.2, 0.25) is 5.91 Å². The molecule has 4 rings (SSSR count). The third-order valence-corrected chi connectivity index (χ3v) is 6.26. The molecule has 6 nitrogen and oxygen atoms in total. The Hall–Kier alpha value is -2.93. The van der Waals surface area contributed by atoms with Gasteiger partial charge in [0, 0.05) is 30.6 Å². The van der Waals surface area contributed by atoms with Gasteiger partial charge in [0.05, 0.1) is 4.88 Å². The van der Waals surface area contributed by atoms with Gasteiger partial charge < -0.3 is 14.7 Å². The predicted molar refractivity (Wildman–Crippen MR) is 116 cm³/mol. The molecule has 3 aromatic rings. The first-order valence-electron chi connectivity index (χ1n) is 10.2. The quantitative estimate of drug-likeness (QED) is 0.646. The summed E-state index contributed by atoms with van der Waals surface area (Å²) in [5.74, 6) is 0.348. The third-order valence-electron chi connectivity index (χ3n) is 5.40. The van der Waals surface area contributed by atoms with Gasteiger partial charge in [-0.25, -0.2) is 0 Å². The van der Waals surface area contributed by atoms with Crippen LogP contribution in [-0.2, 0) is 11.2 Å². The van der Waals surface area contributed by atoms with Crippen molar-refractivity contribution in [3.8, 4) is 11.3 Å². The van der Waals surface area contributed by atoms with Gasteiger partial charge in [-0.2, -0.15) is 0 Å². The number of carbonyl (C=O) groups is 2. The van der Waals surface area contributed by atoms with Crippen LogP contribution in [0.25, 0.3) is 11.3 Å². The van der Waals surface area contributed by atoms with Gasteiger partial charge in [-0.15, -0.1) is 11.3 Å². The van der Waals surface area contributed by atoms with Crippen LogP contribution < -0.4 is 5.32 Å². The number of likely N-dealkylation sites (tertiary alicyclic amines) is 1. The van der Waals surface area contributed by atoms with Crippen molar-refractivity contribution in [2.24, 2.45) is 0 Å². The van der Waals surface area contributed by atoms with E-state index in [0.717, 1.165) is 17.7 Å². The number of rotatable bonds is 6. The zero-order valence-corrected chi connectivity index (χ0v) is 17.9. The molecule has 0 spiro atoms. The summed E-state index contributed by atoms with van der Waals surface area (Å²) < 4.78 is 5.61. The first-order valence-corrected chi connectivity index (χ1v) is 11.0. The van der Waals surface area contributed by atoms with Crippen LogP contribution in [0.5, 0.6) is 0 Å². The number of nitrogens with zero attached hydrogens (tertiary/aromatic N) is 2. The van der Waals surface area contributed by atoms with E-state index in [1.54, 1.807) is 11.0 Å². The average molecular weight is 424 g/mol. The summed E-state index contributed by atoms with van der Waals surface area (Å²) >= 11 is 1.39. The fraction of sp³-hybridized carbons (Fsp3) is 0.348. The van der Waals surface area contributed by atoms with E-state index in [4.69, 9.17) is 4.52 Å². The molecule has 0 saturated carbocycles. The van der Waals surface area contributed by atoms with Gasteiger partial charge in [0.1, 0.15) is 17.0 Å². The zero-order chi connectivity index (χ0) is 21.1. The highest BCUT2D eigenvalue weighted by Crippen LogP contribution is 2.36. The summed E-state index contributed by atoms with van der Waals surface area (Å²) in [5.41, 5.74) is 0.684. The largest absolute Gasteiger partial charge is 0.361 e. The van der Waals surface area contributed by atoms with E-state index < -0.39 is 5.54 Å². The lowest BCUT2D eigenvalue weighted by atomic mass is 9.88. The van der Waals surface area contributed by atoms with E-state index >= 15 is 0 Å². The Morgan fingerprint density at radius 2 is 2.03 bits per heavy atom. The van der Waals surface area contributed by atoms with Crippen molar-refractivity contribution < 1.29 is 14.1 Å². The zero-order valence-electron chi connectivity index (χ0n) is 17.1. The minimum atomic E-state index is -0.987. The highest BCUT2D eigenvalue weighted by Gasteiger charge is 2.50. The van der Waals surface area contributed by atoms with E-state index in [-0.39, 0.29) is 17.9 Å². The SMILES string of the molecule is CC(C)NC(=O)[C@@]1(Cc2cc(-c3ccccc3)no2)CCCN1C(=O)c1cccs1. The second-order valence-electron chi connectivity index (χ2n) is 7.92. The topological polar surface area (TPSA) is 75.4 Å². The van der Waals surface area contributed by atoms with E-state index in [0.29, 0.717) is 30.0 Å². The number of benzene rings is 1. The van der Waals surface area contributed by atoms with Gasteiger partial charge in [-0.3, -0.25) is 9.59 Å². The lowest BCUT2D eigenvalue weighted by Crippen LogP contribution is -2.59. The van der Waals surface area contributed by atoms with E-state index in [1.807, 2.05) is 61.7 Å². The third kappa shape index (κ3) is 3.89. The van der Waals surface area contributed by atoms with Crippen LogP contribution in [0.1, 0.15) is 42.1 Å². The molecule has 0 unspecified atom stereocenters. The number of carbonyl (C=O) groups excluding carboxylic acids is 2. The number of hydrogen-bond donors (Lipinski definition) is 1. The Morgan fingerprint density at radius 3 is 2.73 bits per heavy atom. The van der Waals surface area contributed by atoms with E-state index in [9.17, 15) is 9.59 Å². The molecule has 2 amide bonds. The van der Waals surface area contributed by atoms with Crippen LogP contribution in [0.15, 0.2) is 58.4 Å². The molecule has 30 heavy (non-hydrogen) atoms. The van der Waals surface area contributed by atoms with E-state index in [2.05, 4.69) is 10.5 Å². The summed E-state index contributed by atoms with van der Waals surface area (Å²) in [4.78, 5) is 29.0. The highest BCUT2D eigenvalue weighted by atomic mass is 32.1. The van der Waals surface area contributed by atoms with Crippen molar-refractivity contribution in [2.75, 3.05) is 6.54 Å². The maximum atomic E-state index is 13.4. The number of amides is 2. The van der Waals surface area contributed by atoms with Crippen molar-refractivity contribution in [1.82, 2.24) is 15.4 Å². The van der Waals surface area contributed by atoms with E-state index in [1.165, 1.54) is 11.3 Å². The molecular weight excluding hydrogens is 398 g/mol. The lowest BCUT2D eigenvalue weighted by Gasteiger charge is -2.37. The number of aromatic nitrogens is 1. The highest BCUT2D eigenvalue weighted by molar-refractivity contribution is 7.12. The normalized spacial score (nSPS) is 18.7. The minimum absolute atomic E-state index is 0.0247. The Kier molecular flexibility index (Phi) is 5.72. The second kappa shape index (κ2) is 8.44. The molecule has 1 atom stereocenters. The lowest BCUT2D eigenvalue weighted by molar-refractivity contribution is -0.131. The van der Waals surface area contributed by atoms with Crippen molar-refractivity contribution >= 4 is 23.2 Å². The summed E-state index contributed by atoms with van der Waals surface area (Å²) in [6.45, 7) is 4.39. The van der Waals surface area contributed by atoms with Crippen LogP contribution in [0.3, 0.4) is 0 Å². The molecule has 0 radical (unpaired) electrons. The Labute approximate surface area is 179 Å². The summed E-state index contributed by atoms with van der Waals surface area (Å²) in [7, 11) is 0. The van der Waals surface area contributed by atoms with Crippen molar-refractivity contribution in [3.05, 3.63) is 64.5 Å². The van der Waals surface area contributed by atoms with Crippen LogP contribution in [0.2, 0.25) is 0 Å². The fourth-order valence-electron chi connectivity index (χ4n) is 4.03. The van der Waals surface area contributed by atoms with Gasteiger partial charge in [0.15, 0.2) is 0 Å². The molecular formula is C23H25N3O3S. The second-order valence-corrected chi connectivity index (χ2v) is 8.87. The van der Waals surface area contributed by atoms with Crippen LogP contribution in [0.4, 0.5) is 0 Å². The van der Waals surface area contributed by atoms with Gasteiger partial charge >= 0.3 is 0 Å². The molecule has 1 aromatic carbocycles. The molecule has 2 aromatic heterocycles. The first kappa shape index (κ1) is 20.3. The van der Waals surface area contributed by atoms with Gasteiger partial charge in [0.25, 0.3) is 5.91 Å². The first-order chi connectivity index (χ1) is 14.5. The number of nitrogens with one attached hydrogen (secondary N) is 1. The summed E-state index contributed by atoms with van der Waals surface area (Å²) in [6.07, 6.45) is 1.65.